The quantitative estimate of drug-likeness (QED) is 0.639. The molecule has 3 aromatic rings. The molecule has 1 aromatic heterocycles. The van der Waals surface area contributed by atoms with E-state index in [1.165, 1.54) is 6.07 Å². The van der Waals surface area contributed by atoms with Crippen LogP contribution in [-0.2, 0) is 11.2 Å². The van der Waals surface area contributed by atoms with E-state index in [2.05, 4.69) is 26.2 Å². The van der Waals surface area contributed by atoms with Gasteiger partial charge < -0.3 is 9.73 Å². The number of oxazole rings is 1. The highest BCUT2D eigenvalue weighted by molar-refractivity contribution is 9.10. The molecule has 0 atom stereocenters. The predicted molar refractivity (Wildman–Crippen MR) is 97.0 cm³/mol. The molecule has 0 saturated heterocycles. The lowest BCUT2D eigenvalue weighted by atomic mass is 10.1. The molecule has 0 unspecified atom stereocenters. The summed E-state index contributed by atoms with van der Waals surface area (Å²) < 4.78 is 20.2. The highest BCUT2D eigenvalue weighted by atomic mass is 79.9. The minimum atomic E-state index is -0.307. The lowest BCUT2D eigenvalue weighted by Crippen LogP contribution is -2.12. The summed E-state index contributed by atoms with van der Waals surface area (Å²) >= 11 is 3.22. The number of anilines is 1. The number of carbonyl (C=O) groups excluding carboxylic acids is 1. The van der Waals surface area contributed by atoms with Crippen molar-refractivity contribution in [1.29, 1.82) is 0 Å². The van der Waals surface area contributed by atoms with E-state index >= 15 is 0 Å². The second kappa shape index (κ2) is 6.59. The van der Waals surface area contributed by atoms with Gasteiger partial charge in [0.25, 0.3) is 0 Å². The first kappa shape index (κ1) is 16.3. The molecule has 0 bridgehead atoms. The molecule has 4 nitrogen and oxygen atoms in total. The third-order valence-corrected chi connectivity index (χ3v) is 4.74. The van der Waals surface area contributed by atoms with Crippen LogP contribution in [0.25, 0.3) is 11.1 Å². The number of halogens is 2. The topological polar surface area (TPSA) is 55.1 Å². The van der Waals surface area contributed by atoms with Crippen LogP contribution in [0.4, 0.5) is 10.1 Å². The Labute approximate surface area is 152 Å². The van der Waals surface area contributed by atoms with E-state index in [-0.39, 0.29) is 18.1 Å². The van der Waals surface area contributed by atoms with Crippen molar-refractivity contribution in [2.45, 2.75) is 31.6 Å². The molecule has 0 radical (unpaired) electrons. The molecule has 1 fully saturated rings. The standard InChI is InChI=1S/C19H16BrFN2O2/c20-13-5-3-11(15(21)9-13)4-8-18(24)22-14-6-7-17-16(10-14)23-19(25-17)12-1-2-12/h3,5-7,9-10,12H,1-2,4,8H2,(H,22,24). The third-order valence-electron chi connectivity index (χ3n) is 4.25. The monoisotopic (exact) mass is 402 g/mol. The molecule has 1 aliphatic carbocycles. The van der Waals surface area contributed by atoms with E-state index in [0.29, 0.717) is 28.1 Å². The third kappa shape index (κ3) is 3.74. The van der Waals surface area contributed by atoms with E-state index < -0.39 is 0 Å². The SMILES string of the molecule is O=C(CCc1ccc(Br)cc1F)Nc1ccc2oc(C3CC3)nc2c1. The number of carbonyl (C=O) groups is 1. The molecule has 1 saturated carbocycles. The number of hydrogen-bond donors (Lipinski definition) is 1. The number of hydrogen-bond acceptors (Lipinski definition) is 3. The van der Waals surface area contributed by atoms with Gasteiger partial charge in [-0.1, -0.05) is 22.0 Å². The number of aryl methyl sites for hydroxylation is 1. The summed E-state index contributed by atoms with van der Waals surface area (Å²) in [5, 5.41) is 2.84. The zero-order chi connectivity index (χ0) is 17.4. The summed E-state index contributed by atoms with van der Waals surface area (Å²) in [5.74, 6) is 0.766. The smallest absolute Gasteiger partial charge is 0.224 e. The highest BCUT2D eigenvalue weighted by Gasteiger charge is 2.28. The number of nitrogens with zero attached hydrogens (tertiary/aromatic N) is 1. The fourth-order valence-electron chi connectivity index (χ4n) is 2.72. The van der Waals surface area contributed by atoms with Crippen LogP contribution in [0.2, 0.25) is 0 Å². The van der Waals surface area contributed by atoms with E-state index in [1.807, 2.05) is 12.1 Å². The van der Waals surface area contributed by atoms with Gasteiger partial charge in [0.15, 0.2) is 11.5 Å². The van der Waals surface area contributed by atoms with Crippen molar-refractivity contribution in [3.8, 4) is 0 Å². The first-order valence-corrected chi connectivity index (χ1v) is 9.02. The van der Waals surface area contributed by atoms with Gasteiger partial charge in [-0.05, 0) is 55.2 Å². The van der Waals surface area contributed by atoms with E-state index in [9.17, 15) is 9.18 Å². The fraction of sp³-hybridized carbons (Fsp3) is 0.263. The number of amides is 1. The van der Waals surface area contributed by atoms with E-state index in [4.69, 9.17) is 4.42 Å². The molecule has 1 amide bonds. The van der Waals surface area contributed by atoms with Crippen molar-refractivity contribution >= 4 is 38.6 Å². The number of rotatable bonds is 5. The molecule has 6 heteroatoms. The van der Waals surface area contributed by atoms with Gasteiger partial charge in [0.1, 0.15) is 11.3 Å². The van der Waals surface area contributed by atoms with Crippen molar-refractivity contribution in [2.75, 3.05) is 5.32 Å². The normalized spacial score (nSPS) is 14.0. The van der Waals surface area contributed by atoms with Gasteiger partial charge in [0, 0.05) is 22.5 Å². The highest BCUT2D eigenvalue weighted by Crippen LogP contribution is 2.40. The van der Waals surface area contributed by atoms with E-state index in [1.54, 1.807) is 18.2 Å². The number of fused-ring (bicyclic) bond motifs is 1. The van der Waals surface area contributed by atoms with Gasteiger partial charge in [0.05, 0.1) is 0 Å². The van der Waals surface area contributed by atoms with Gasteiger partial charge >= 0.3 is 0 Å². The molecular weight excluding hydrogens is 387 g/mol. The van der Waals surface area contributed by atoms with Gasteiger partial charge in [-0.3, -0.25) is 4.79 Å². The molecular formula is C19H16BrFN2O2. The van der Waals surface area contributed by atoms with Crippen molar-refractivity contribution < 1.29 is 13.6 Å². The average molecular weight is 403 g/mol. The Morgan fingerprint density at radius 2 is 2.12 bits per heavy atom. The molecule has 1 N–H and O–H groups in total. The minimum absolute atomic E-state index is 0.160. The summed E-state index contributed by atoms with van der Waals surface area (Å²) in [6, 6.07) is 10.3. The summed E-state index contributed by atoms with van der Waals surface area (Å²) in [7, 11) is 0. The average Bonchev–Trinajstić information content (AvgIpc) is 3.34. The molecule has 0 spiro atoms. The minimum Gasteiger partial charge on any atom is -0.440 e. The molecule has 0 aliphatic heterocycles. The number of aromatic nitrogens is 1. The van der Waals surface area contributed by atoms with Crippen LogP contribution >= 0.6 is 15.9 Å². The molecule has 4 rings (SSSR count). The molecule has 128 valence electrons. The zero-order valence-electron chi connectivity index (χ0n) is 13.4. The molecule has 1 aliphatic rings. The first-order valence-electron chi connectivity index (χ1n) is 8.23. The van der Waals surface area contributed by atoms with Gasteiger partial charge in [-0.25, -0.2) is 9.37 Å². The van der Waals surface area contributed by atoms with Crippen molar-refractivity contribution in [1.82, 2.24) is 4.98 Å². The lowest BCUT2D eigenvalue weighted by Gasteiger charge is -2.06. The largest absolute Gasteiger partial charge is 0.440 e. The lowest BCUT2D eigenvalue weighted by molar-refractivity contribution is -0.116. The fourth-order valence-corrected chi connectivity index (χ4v) is 3.06. The predicted octanol–water partition coefficient (Wildman–Crippen LogP) is 5.18. The van der Waals surface area contributed by atoms with Crippen LogP contribution in [0, 0.1) is 5.82 Å². The van der Waals surface area contributed by atoms with E-state index in [0.717, 1.165) is 29.8 Å². The Hall–Kier alpha value is -2.21. The first-order chi connectivity index (χ1) is 12.1. The maximum absolute atomic E-state index is 13.8. The summed E-state index contributed by atoms with van der Waals surface area (Å²) in [6.45, 7) is 0. The Kier molecular flexibility index (Phi) is 4.29. The van der Waals surface area contributed by atoms with Crippen molar-refractivity contribution in [3.63, 3.8) is 0 Å². The summed E-state index contributed by atoms with van der Waals surface area (Å²) in [6.07, 6.45) is 2.82. The molecule has 2 aromatic carbocycles. The van der Waals surface area contributed by atoms with Crippen molar-refractivity contribution in [2.24, 2.45) is 0 Å². The second-order valence-electron chi connectivity index (χ2n) is 6.29. The number of benzene rings is 2. The van der Waals surface area contributed by atoms with Crippen LogP contribution in [-0.4, -0.2) is 10.9 Å². The van der Waals surface area contributed by atoms with Crippen LogP contribution in [0.15, 0.2) is 45.3 Å². The number of nitrogens with one attached hydrogen (secondary N) is 1. The van der Waals surface area contributed by atoms with Crippen LogP contribution in [0.5, 0.6) is 0 Å². The summed E-state index contributed by atoms with van der Waals surface area (Å²) in [5.41, 5.74) is 2.68. The van der Waals surface area contributed by atoms with Gasteiger partial charge in [-0.2, -0.15) is 0 Å². The second-order valence-corrected chi connectivity index (χ2v) is 7.21. The van der Waals surface area contributed by atoms with Crippen molar-refractivity contribution in [3.05, 3.63) is 58.1 Å². The Morgan fingerprint density at radius 3 is 2.88 bits per heavy atom. The molecule has 25 heavy (non-hydrogen) atoms. The maximum atomic E-state index is 13.8. The van der Waals surface area contributed by atoms with Gasteiger partial charge in [-0.15, -0.1) is 0 Å². The van der Waals surface area contributed by atoms with Gasteiger partial charge in [0.2, 0.25) is 5.91 Å². The molecule has 1 heterocycles. The Morgan fingerprint density at radius 1 is 1.28 bits per heavy atom. The van der Waals surface area contributed by atoms with Crippen LogP contribution in [0.3, 0.4) is 0 Å². The van der Waals surface area contributed by atoms with Crippen LogP contribution < -0.4 is 5.32 Å². The Bertz CT molecular complexity index is 950. The summed E-state index contributed by atoms with van der Waals surface area (Å²) in [4.78, 5) is 16.6. The Balaban J connectivity index is 1.40. The maximum Gasteiger partial charge on any atom is 0.224 e. The van der Waals surface area contributed by atoms with Crippen LogP contribution in [0.1, 0.15) is 36.6 Å². The zero-order valence-corrected chi connectivity index (χ0v) is 15.0.